The molecule has 2 aromatic carbocycles. The molecule has 8 nitrogen and oxygen atoms in total. The highest BCUT2D eigenvalue weighted by Gasteiger charge is 2.30. The maximum absolute atomic E-state index is 13.9. The second-order valence-corrected chi connectivity index (χ2v) is 10.7. The Morgan fingerprint density at radius 1 is 1.05 bits per heavy atom. The van der Waals surface area contributed by atoms with Gasteiger partial charge in [0.05, 0.1) is 25.4 Å². The minimum absolute atomic E-state index is 0.0751. The lowest BCUT2D eigenvalue weighted by Crippen LogP contribution is -2.51. The Hall–Kier alpha value is -2.92. The van der Waals surface area contributed by atoms with Gasteiger partial charge in [-0.15, -0.1) is 0 Å². The van der Waals surface area contributed by atoms with Crippen molar-refractivity contribution in [2.45, 2.75) is 77.2 Å². The fraction of sp³-hybridized carbons (Fsp3) is 0.548. The highest BCUT2D eigenvalue weighted by Crippen LogP contribution is 2.18. The summed E-state index contributed by atoms with van der Waals surface area (Å²) in [5, 5.41) is 24.4. The number of hydrogen-bond acceptors (Lipinski definition) is 6. The van der Waals surface area contributed by atoms with Crippen LogP contribution in [0.3, 0.4) is 0 Å². The average Bonchev–Trinajstić information content (AvgIpc) is 3.44. The summed E-state index contributed by atoms with van der Waals surface area (Å²) in [5.41, 5.74) is 1.44. The molecule has 2 amide bonds. The fourth-order valence-corrected chi connectivity index (χ4v) is 5.03. The van der Waals surface area contributed by atoms with Crippen LogP contribution in [-0.4, -0.2) is 84.2 Å². The number of nitrogens with one attached hydrogen (secondary N) is 1. The van der Waals surface area contributed by atoms with Crippen LogP contribution >= 0.6 is 0 Å². The van der Waals surface area contributed by atoms with Crippen molar-refractivity contribution in [3.8, 4) is 0 Å². The monoisotopic (exact) mass is 576 g/mol. The molecule has 1 saturated heterocycles. The first-order valence-electron chi connectivity index (χ1n) is 14.3. The third kappa shape index (κ3) is 9.85. The zero-order valence-corrected chi connectivity index (χ0v) is 24.1. The lowest BCUT2D eigenvalue weighted by Gasteiger charge is -2.28. The molecule has 0 bridgehead atoms. The minimum atomic E-state index is -1.52. The summed E-state index contributed by atoms with van der Waals surface area (Å²) >= 11 is 0. The molecule has 1 aliphatic rings. The van der Waals surface area contributed by atoms with Crippen LogP contribution in [0.1, 0.15) is 71.4 Å². The van der Waals surface area contributed by atoms with Crippen molar-refractivity contribution < 1.29 is 38.1 Å². The molecule has 3 rings (SSSR count). The van der Waals surface area contributed by atoms with Crippen LogP contribution in [0.5, 0.6) is 0 Å². The third-order valence-corrected chi connectivity index (χ3v) is 6.98. The summed E-state index contributed by atoms with van der Waals surface area (Å²) in [7, 11) is 0. The van der Waals surface area contributed by atoms with E-state index in [2.05, 4.69) is 5.32 Å². The lowest BCUT2D eigenvalue weighted by atomic mass is 9.96. The molecule has 1 unspecified atom stereocenters. The van der Waals surface area contributed by atoms with Gasteiger partial charge < -0.3 is 29.9 Å². The molecule has 2 aromatic rings. The minimum Gasteiger partial charge on any atom is -0.388 e. The number of hydrogen-bond donors (Lipinski definition) is 3. The number of benzene rings is 2. The number of halogens is 2. The van der Waals surface area contributed by atoms with Crippen LogP contribution in [0, 0.1) is 18.6 Å². The summed E-state index contributed by atoms with van der Waals surface area (Å²) in [6.45, 7) is 7.61. The van der Waals surface area contributed by atoms with E-state index in [1.165, 1.54) is 6.07 Å². The number of aryl methyl sites for hydroxylation is 1. The second kappa shape index (κ2) is 15.9. The second-order valence-electron chi connectivity index (χ2n) is 10.7. The molecule has 226 valence electrons. The number of nitrogens with zero attached hydrogens (tertiary/aromatic N) is 1. The van der Waals surface area contributed by atoms with Gasteiger partial charge in [0.1, 0.15) is 23.8 Å². The molecule has 41 heavy (non-hydrogen) atoms. The van der Waals surface area contributed by atoms with Crippen molar-refractivity contribution in [1.82, 2.24) is 10.2 Å². The molecule has 1 aliphatic heterocycles. The summed E-state index contributed by atoms with van der Waals surface area (Å²) in [6.07, 6.45) is 0.209. The van der Waals surface area contributed by atoms with Gasteiger partial charge in [-0.3, -0.25) is 9.59 Å². The Balaban J connectivity index is 1.80. The molecular weight excluding hydrogens is 534 g/mol. The van der Waals surface area contributed by atoms with E-state index in [-0.39, 0.29) is 42.8 Å². The zero-order chi connectivity index (χ0) is 29.9. The molecule has 4 atom stereocenters. The average molecular weight is 577 g/mol. The van der Waals surface area contributed by atoms with E-state index in [0.29, 0.717) is 30.8 Å². The Morgan fingerprint density at radius 2 is 1.71 bits per heavy atom. The Bertz CT molecular complexity index is 1130. The van der Waals surface area contributed by atoms with Crippen molar-refractivity contribution in [3.63, 3.8) is 0 Å². The molecule has 1 heterocycles. The third-order valence-electron chi connectivity index (χ3n) is 6.98. The van der Waals surface area contributed by atoms with Gasteiger partial charge in [0.25, 0.3) is 11.8 Å². The highest BCUT2D eigenvalue weighted by molar-refractivity contribution is 6.00. The van der Waals surface area contributed by atoms with Crippen LogP contribution in [0.25, 0.3) is 0 Å². The Morgan fingerprint density at radius 3 is 2.32 bits per heavy atom. The van der Waals surface area contributed by atoms with E-state index in [9.17, 15) is 28.6 Å². The summed E-state index contributed by atoms with van der Waals surface area (Å²) < 4.78 is 38.9. The molecule has 0 saturated carbocycles. The van der Waals surface area contributed by atoms with Crippen LogP contribution in [-0.2, 0) is 15.9 Å². The predicted molar refractivity (Wildman–Crippen MR) is 151 cm³/mol. The van der Waals surface area contributed by atoms with Gasteiger partial charge in [0.2, 0.25) is 0 Å². The van der Waals surface area contributed by atoms with Crippen molar-refractivity contribution in [2.24, 2.45) is 0 Å². The van der Waals surface area contributed by atoms with Gasteiger partial charge in [-0.25, -0.2) is 8.78 Å². The van der Waals surface area contributed by atoms with E-state index < -0.39 is 35.8 Å². The largest absolute Gasteiger partial charge is 0.388 e. The lowest BCUT2D eigenvalue weighted by molar-refractivity contribution is -0.0670. The van der Waals surface area contributed by atoms with Gasteiger partial charge in [-0.1, -0.05) is 13.8 Å². The SMILES string of the molecule is CCCN(CCC)C(=O)c1cc(C)cc(C(=O)N[C@@H](Cc2cc(F)cc(F)c2)[C@@H](O)[C@H](O)COCC2CCCO2)c1. The van der Waals surface area contributed by atoms with E-state index in [4.69, 9.17) is 9.47 Å². The molecule has 10 heteroatoms. The molecule has 0 spiro atoms. The number of carbonyl (C=O) groups is 2. The van der Waals surface area contributed by atoms with Crippen molar-refractivity contribution >= 4 is 11.8 Å². The molecule has 1 fully saturated rings. The molecular formula is C31H42F2N2O6. The van der Waals surface area contributed by atoms with Crippen LogP contribution in [0.4, 0.5) is 8.78 Å². The fourth-order valence-electron chi connectivity index (χ4n) is 5.03. The Kier molecular flexibility index (Phi) is 12.6. The summed E-state index contributed by atoms with van der Waals surface area (Å²) in [4.78, 5) is 28.4. The maximum atomic E-state index is 13.9. The number of ether oxygens (including phenoxy) is 2. The van der Waals surface area contributed by atoms with E-state index in [0.717, 1.165) is 43.9 Å². The normalized spacial score (nSPS) is 17.2. The molecule has 0 aromatic heterocycles. The van der Waals surface area contributed by atoms with Crippen molar-refractivity contribution in [3.05, 3.63) is 70.3 Å². The first kappa shape index (κ1) is 32.6. The van der Waals surface area contributed by atoms with E-state index in [1.807, 2.05) is 13.8 Å². The smallest absolute Gasteiger partial charge is 0.253 e. The first-order chi connectivity index (χ1) is 19.6. The van der Waals surface area contributed by atoms with Gasteiger partial charge in [0, 0.05) is 36.9 Å². The predicted octanol–water partition coefficient (Wildman–Crippen LogP) is 3.79. The maximum Gasteiger partial charge on any atom is 0.253 e. The summed E-state index contributed by atoms with van der Waals surface area (Å²) in [5.74, 6) is -2.39. The van der Waals surface area contributed by atoms with E-state index >= 15 is 0 Å². The van der Waals surface area contributed by atoms with Gasteiger partial charge in [-0.2, -0.15) is 0 Å². The van der Waals surface area contributed by atoms with Crippen LogP contribution in [0.2, 0.25) is 0 Å². The zero-order valence-electron chi connectivity index (χ0n) is 24.1. The quantitative estimate of drug-likeness (QED) is 0.298. The molecule has 0 radical (unpaired) electrons. The highest BCUT2D eigenvalue weighted by atomic mass is 19.1. The van der Waals surface area contributed by atoms with Crippen molar-refractivity contribution in [1.29, 1.82) is 0 Å². The van der Waals surface area contributed by atoms with Gasteiger partial charge in [0.15, 0.2) is 0 Å². The number of aliphatic hydroxyl groups excluding tert-OH is 2. The molecule has 0 aliphatic carbocycles. The van der Waals surface area contributed by atoms with Crippen LogP contribution < -0.4 is 5.32 Å². The number of amides is 2. The summed E-state index contributed by atoms with van der Waals surface area (Å²) in [6, 6.07) is 6.64. The van der Waals surface area contributed by atoms with Gasteiger partial charge in [-0.05, 0) is 80.5 Å². The Labute approximate surface area is 240 Å². The number of rotatable bonds is 15. The van der Waals surface area contributed by atoms with E-state index in [1.54, 1.807) is 24.0 Å². The standard InChI is InChI=1S/C31H42F2N2O6/c1-4-8-35(9-5-2)31(39)23-12-20(3)11-22(16-23)30(38)34-27(15-21-13-24(32)17-25(33)14-21)29(37)28(36)19-40-18-26-7-6-10-41-26/h11-14,16-17,26-29,36-37H,4-10,15,18-19H2,1-3H3,(H,34,38)/t26?,27-,28+,29+/m0/s1. The first-order valence-corrected chi connectivity index (χ1v) is 14.3. The number of aliphatic hydroxyl groups is 2. The van der Waals surface area contributed by atoms with Crippen molar-refractivity contribution in [2.75, 3.05) is 32.9 Å². The topological polar surface area (TPSA) is 108 Å². The van der Waals surface area contributed by atoms with Gasteiger partial charge >= 0.3 is 0 Å². The van der Waals surface area contributed by atoms with Crippen LogP contribution in [0.15, 0.2) is 36.4 Å². The number of carbonyl (C=O) groups excluding carboxylic acids is 2. The molecule has 3 N–H and O–H groups in total.